The zero-order valence-corrected chi connectivity index (χ0v) is 12.7. The first kappa shape index (κ1) is 16.7. The van der Waals surface area contributed by atoms with Crippen LogP contribution in [-0.2, 0) is 6.18 Å². The van der Waals surface area contributed by atoms with Gasteiger partial charge in [0.2, 0.25) is 0 Å². The van der Waals surface area contributed by atoms with Gasteiger partial charge in [-0.1, -0.05) is 11.6 Å². The van der Waals surface area contributed by atoms with Crippen molar-refractivity contribution in [2.75, 3.05) is 24.5 Å². The highest BCUT2D eigenvalue weighted by Gasteiger charge is 2.33. The Morgan fingerprint density at radius 1 is 1.59 bits per heavy atom. The van der Waals surface area contributed by atoms with Crippen molar-refractivity contribution < 1.29 is 13.2 Å². The smallest absolute Gasteiger partial charge is 0.370 e. The number of alkyl halides is 3. The topological polar surface area (TPSA) is 66.5 Å². The van der Waals surface area contributed by atoms with Crippen LogP contribution in [0.1, 0.15) is 18.9 Å². The van der Waals surface area contributed by atoms with Crippen LogP contribution in [0.5, 0.6) is 0 Å². The molecular weight excluding hydrogens is 319 g/mol. The molecule has 1 atom stereocenters. The van der Waals surface area contributed by atoms with E-state index in [1.165, 1.54) is 0 Å². The molecule has 1 unspecified atom stereocenters. The number of pyridine rings is 1. The zero-order chi connectivity index (χ0) is 16.3. The van der Waals surface area contributed by atoms with Crippen molar-refractivity contribution in [1.29, 1.82) is 0 Å². The lowest BCUT2D eigenvalue weighted by atomic mass is 10.2. The summed E-state index contributed by atoms with van der Waals surface area (Å²) in [6.07, 6.45) is -2.87. The summed E-state index contributed by atoms with van der Waals surface area (Å²) in [5.74, 6) is 0.714. The highest BCUT2D eigenvalue weighted by molar-refractivity contribution is 6.33. The molecule has 3 N–H and O–H groups in total. The molecule has 1 fully saturated rings. The Bertz CT molecular complexity index is 561. The summed E-state index contributed by atoms with van der Waals surface area (Å²) in [6, 6.07) is 0.966. The lowest BCUT2D eigenvalue weighted by Crippen LogP contribution is -2.41. The number of guanidine groups is 1. The van der Waals surface area contributed by atoms with Crippen LogP contribution in [0.15, 0.2) is 17.3 Å². The maximum Gasteiger partial charge on any atom is 0.417 e. The van der Waals surface area contributed by atoms with Crippen LogP contribution in [0.2, 0.25) is 5.02 Å². The summed E-state index contributed by atoms with van der Waals surface area (Å²) < 4.78 is 37.8. The largest absolute Gasteiger partial charge is 0.417 e. The summed E-state index contributed by atoms with van der Waals surface area (Å²) >= 11 is 5.95. The van der Waals surface area contributed by atoms with Gasteiger partial charge in [-0.15, -0.1) is 0 Å². The first-order chi connectivity index (χ1) is 10.3. The average molecular weight is 336 g/mol. The van der Waals surface area contributed by atoms with E-state index in [9.17, 15) is 13.2 Å². The summed E-state index contributed by atoms with van der Waals surface area (Å²) in [6.45, 7) is 3.65. The third-order valence-electron chi connectivity index (χ3n) is 3.32. The predicted molar refractivity (Wildman–Crippen MR) is 80.2 cm³/mol. The number of hydrogen-bond acceptors (Lipinski definition) is 3. The summed E-state index contributed by atoms with van der Waals surface area (Å²) in [5, 5.41) is 3.06. The fraction of sp³-hybridized carbons (Fsp3) is 0.538. The molecule has 0 bridgehead atoms. The Labute approximate surface area is 131 Å². The van der Waals surface area contributed by atoms with E-state index in [0.717, 1.165) is 18.7 Å². The van der Waals surface area contributed by atoms with Gasteiger partial charge in [0.25, 0.3) is 0 Å². The van der Waals surface area contributed by atoms with Crippen LogP contribution in [0, 0.1) is 0 Å². The summed E-state index contributed by atoms with van der Waals surface area (Å²) in [5.41, 5.74) is 4.85. The van der Waals surface area contributed by atoms with Crippen LogP contribution in [-0.4, -0.2) is 36.6 Å². The van der Waals surface area contributed by atoms with E-state index in [1.807, 2.05) is 11.8 Å². The molecule has 0 radical (unpaired) electrons. The summed E-state index contributed by atoms with van der Waals surface area (Å²) in [7, 11) is 0. The van der Waals surface area contributed by atoms with E-state index in [1.54, 1.807) is 0 Å². The van der Waals surface area contributed by atoms with Gasteiger partial charge in [-0.05, 0) is 19.4 Å². The Hall–Kier alpha value is -1.70. The minimum absolute atomic E-state index is 0.00864. The second kappa shape index (κ2) is 6.60. The highest BCUT2D eigenvalue weighted by atomic mass is 35.5. The molecule has 0 saturated carbocycles. The number of halogens is 4. The third kappa shape index (κ3) is 3.94. The maximum atomic E-state index is 12.6. The Balaban J connectivity index is 2.06. The Morgan fingerprint density at radius 3 is 2.91 bits per heavy atom. The molecule has 1 aliphatic rings. The zero-order valence-electron chi connectivity index (χ0n) is 12.0. The number of aromatic nitrogens is 1. The predicted octanol–water partition coefficient (Wildman–Crippen LogP) is 2.26. The van der Waals surface area contributed by atoms with Gasteiger partial charge in [0.05, 0.1) is 10.6 Å². The van der Waals surface area contributed by atoms with Crippen molar-refractivity contribution in [3.63, 3.8) is 0 Å². The first-order valence-electron chi connectivity index (χ1n) is 6.85. The van der Waals surface area contributed by atoms with Crippen molar-refractivity contribution in [2.24, 2.45) is 10.7 Å². The molecular formula is C13H17ClF3N5. The molecule has 1 aromatic rings. The van der Waals surface area contributed by atoms with Crippen LogP contribution >= 0.6 is 11.6 Å². The Kier molecular flexibility index (Phi) is 5.00. The number of nitrogens with one attached hydrogen (secondary N) is 1. The van der Waals surface area contributed by atoms with E-state index < -0.39 is 11.7 Å². The Morgan fingerprint density at radius 2 is 2.32 bits per heavy atom. The van der Waals surface area contributed by atoms with Gasteiger partial charge in [-0.25, -0.2) is 4.98 Å². The number of hydrogen-bond donors (Lipinski definition) is 2. The SMILES string of the molecule is CCN=C(N)NC1CCN(c2ncc(C(F)(F)F)cc2Cl)C1. The van der Waals surface area contributed by atoms with Crippen LogP contribution in [0.25, 0.3) is 0 Å². The number of rotatable bonds is 3. The van der Waals surface area contributed by atoms with Crippen LogP contribution < -0.4 is 16.0 Å². The molecule has 1 saturated heterocycles. The molecule has 1 aromatic heterocycles. The molecule has 0 spiro atoms. The molecule has 122 valence electrons. The molecule has 0 aromatic carbocycles. The lowest BCUT2D eigenvalue weighted by molar-refractivity contribution is -0.137. The fourth-order valence-electron chi connectivity index (χ4n) is 2.31. The van der Waals surface area contributed by atoms with E-state index in [0.29, 0.717) is 31.4 Å². The van der Waals surface area contributed by atoms with Crippen LogP contribution in [0.3, 0.4) is 0 Å². The van der Waals surface area contributed by atoms with E-state index in [-0.39, 0.29) is 11.1 Å². The molecule has 9 heteroatoms. The second-order valence-corrected chi connectivity index (χ2v) is 5.37. The number of anilines is 1. The van der Waals surface area contributed by atoms with E-state index in [2.05, 4.69) is 15.3 Å². The standard InChI is InChI=1S/C13H17ClF3N5/c1-2-19-12(18)21-9-3-4-22(7-9)11-10(14)5-8(6-20-11)13(15,16)17/h5-6,9H,2-4,7H2,1H3,(H3,18,19,21). The van der Waals surface area contributed by atoms with Crippen molar-refractivity contribution >= 4 is 23.4 Å². The van der Waals surface area contributed by atoms with Gasteiger partial charge in [0.1, 0.15) is 5.82 Å². The summed E-state index contributed by atoms with van der Waals surface area (Å²) in [4.78, 5) is 9.73. The second-order valence-electron chi connectivity index (χ2n) is 4.96. The third-order valence-corrected chi connectivity index (χ3v) is 3.60. The minimum Gasteiger partial charge on any atom is -0.370 e. The van der Waals surface area contributed by atoms with Crippen molar-refractivity contribution in [1.82, 2.24) is 10.3 Å². The number of nitrogens with zero attached hydrogens (tertiary/aromatic N) is 3. The normalized spacial score (nSPS) is 19.6. The monoisotopic (exact) mass is 335 g/mol. The van der Waals surface area contributed by atoms with E-state index in [4.69, 9.17) is 17.3 Å². The molecule has 5 nitrogen and oxygen atoms in total. The molecule has 2 rings (SSSR count). The number of aliphatic imine (C=N–C) groups is 1. The molecule has 1 aliphatic heterocycles. The average Bonchev–Trinajstić information content (AvgIpc) is 2.86. The van der Waals surface area contributed by atoms with Gasteiger partial charge in [-0.3, -0.25) is 4.99 Å². The van der Waals surface area contributed by atoms with E-state index >= 15 is 0 Å². The van der Waals surface area contributed by atoms with Gasteiger partial charge in [0.15, 0.2) is 5.96 Å². The molecule has 0 aliphatic carbocycles. The van der Waals surface area contributed by atoms with Crippen molar-refractivity contribution in [2.45, 2.75) is 25.6 Å². The van der Waals surface area contributed by atoms with Gasteiger partial charge < -0.3 is 16.0 Å². The van der Waals surface area contributed by atoms with Crippen molar-refractivity contribution in [3.05, 3.63) is 22.8 Å². The van der Waals surface area contributed by atoms with Gasteiger partial charge in [0, 0.05) is 31.9 Å². The first-order valence-corrected chi connectivity index (χ1v) is 7.23. The maximum absolute atomic E-state index is 12.6. The molecule has 2 heterocycles. The number of nitrogens with two attached hydrogens (primary N) is 1. The van der Waals surface area contributed by atoms with Crippen molar-refractivity contribution in [3.8, 4) is 0 Å². The molecule has 22 heavy (non-hydrogen) atoms. The quantitative estimate of drug-likeness (QED) is 0.657. The lowest BCUT2D eigenvalue weighted by Gasteiger charge is -2.20. The van der Waals surface area contributed by atoms with Gasteiger partial charge >= 0.3 is 6.18 Å². The highest BCUT2D eigenvalue weighted by Crippen LogP contribution is 2.34. The van der Waals surface area contributed by atoms with Crippen LogP contribution in [0.4, 0.5) is 19.0 Å². The molecule has 0 amide bonds. The van der Waals surface area contributed by atoms with Gasteiger partial charge in [-0.2, -0.15) is 13.2 Å². The fourth-order valence-corrected chi connectivity index (χ4v) is 2.60. The minimum atomic E-state index is -4.45.